The van der Waals surface area contributed by atoms with Gasteiger partial charge in [0, 0.05) is 5.75 Å². The van der Waals surface area contributed by atoms with Gasteiger partial charge in [0.25, 0.3) is 0 Å². The van der Waals surface area contributed by atoms with Crippen molar-refractivity contribution in [3.05, 3.63) is 0 Å². The molecule has 0 aliphatic carbocycles. The number of hydrogen-bond acceptors (Lipinski definition) is 4. The Bertz CT molecular complexity index is 294. The minimum atomic E-state index is -0.954. The third-order valence-corrected chi connectivity index (χ3v) is 4.16. The van der Waals surface area contributed by atoms with Gasteiger partial charge in [0.05, 0.1) is 11.4 Å². The second-order valence-electron chi connectivity index (χ2n) is 4.36. The van der Waals surface area contributed by atoms with Gasteiger partial charge in [0.15, 0.2) is 0 Å². The van der Waals surface area contributed by atoms with Crippen molar-refractivity contribution in [2.75, 3.05) is 5.75 Å². The smallest absolute Gasteiger partial charge is 0.327 e. The summed E-state index contributed by atoms with van der Waals surface area (Å²) in [6, 6.07) is -1.39. The predicted molar refractivity (Wildman–Crippen MR) is 63.0 cm³/mol. The SMILES string of the molecule is CC(C)C1SCC(C(=O)O)N1C(=O)[C@H](C)N. The Morgan fingerprint density at radius 1 is 1.44 bits per heavy atom. The molecule has 6 heteroatoms. The van der Waals surface area contributed by atoms with Crippen LogP contribution >= 0.6 is 11.8 Å². The molecule has 0 radical (unpaired) electrons. The Morgan fingerprint density at radius 2 is 2.00 bits per heavy atom. The maximum absolute atomic E-state index is 11.9. The zero-order valence-corrected chi connectivity index (χ0v) is 10.5. The van der Waals surface area contributed by atoms with Gasteiger partial charge in [-0.2, -0.15) is 0 Å². The first-order valence-electron chi connectivity index (χ1n) is 5.28. The van der Waals surface area contributed by atoms with Crippen LogP contribution in [0.25, 0.3) is 0 Å². The summed E-state index contributed by atoms with van der Waals surface area (Å²) in [6.07, 6.45) is 0. The van der Waals surface area contributed by atoms with Gasteiger partial charge in [0.2, 0.25) is 5.91 Å². The number of nitrogens with two attached hydrogens (primary N) is 1. The molecule has 2 unspecified atom stereocenters. The van der Waals surface area contributed by atoms with E-state index in [9.17, 15) is 9.59 Å². The number of carbonyl (C=O) groups is 2. The quantitative estimate of drug-likeness (QED) is 0.750. The van der Waals surface area contributed by atoms with Gasteiger partial charge in [0.1, 0.15) is 6.04 Å². The minimum absolute atomic E-state index is 0.0837. The number of carbonyl (C=O) groups excluding carboxylic acids is 1. The van der Waals surface area contributed by atoms with Crippen molar-refractivity contribution in [1.82, 2.24) is 4.90 Å². The summed E-state index contributed by atoms with van der Waals surface area (Å²) in [5.41, 5.74) is 5.55. The first kappa shape index (κ1) is 13.3. The number of aliphatic carboxylic acids is 1. The lowest BCUT2D eigenvalue weighted by Gasteiger charge is -2.30. The van der Waals surface area contributed by atoms with Crippen LogP contribution in [0.1, 0.15) is 20.8 Å². The zero-order chi connectivity index (χ0) is 12.5. The molecule has 0 aromatic carbocycles. The van der Waals surface area contributed by atoms with Crippen LogP contribution in [-0.2, 0) is 9.59 Å². The topological polar surface area (TPSA) is 83.6 Å². The van der Waals surface area contributed by atoms with Gasteiger partial charge in [-0.05, 0) is 12.8 Å². The molecule has 1 aliphatic rings. The number of rotatable bonds is 3. The highest BCUT2D eigenvalue weighted by Crippen LogP contribution is 2.34. The van der Waals surface area contributed by atoms with Crippen LogP contribution in [-0.4, -0.2) is 45.1 Å². The molecule has 0 aromatic heterocycles. The van der Waals surface area contributed by atoms with E-state index in [1.165, 1.54) is 16.7 Å². The average molecular weight is 246 g/mol. The Kier molecular flexibility index (Phi) is 4.21. The molecule has 92 valence electrons. The van der Waals surface area contributed by atoms with Crippen LogP contribution in [0.15, 0.2) is 0 Å². The second kappa shape index (κ2) is 5.05. The molecule has 3 atom stereocenters. The van der Waals surface area contributed by atoms with Crippen LogP contribution in [0.5, 0.6) is 0 Å². The van der Waals surface area contributed by atoms with E-state index in [-0.39, 0.29) is 17.2 Å². The van der Waals surface area contributed by atoms with Crippen molar-refractivity contribution in [2.45, 2.75) is 38.2 Å². The van der Waals surface area contributed by atoms with Crippen molar-refractivity contribution in [1.29, 1.82) is 0 Å². The lowest BCUT2D eigenvalue weighted by atomic mass is 10.1. The number of carboxylic acids is 1. The molecule has 1 heterocycles. The maximum Gasteiger partial charge on any atom is 0.327 e. The summed E-state index contributed by atoms with van der Waals surface area (Å²) in [6.45, 7) is 5.54. The summed E-state index contributed by atoms with van der Waals surface area (Å²) in [5, 5.41) is 8.98. The van der Waals surface area contributed by atoms with Crippen LogP contribution in [0.3, 0.4) is 0 Å². The van der Waals surface area contributed by atoms with Crippen molar-refractivity contribution >= 4 is 23.6 Å². The third kappa shape index (κ3) is 2.49. The summed E-state index contributed by atoms with van der Waals surface area (Å²) >= 11 is 1.51. The van der Waals surface area contributed by atoms with Gasteiger partial charge in [-0.25, -0.2) is 4.79 Å². The lowest BCUT2D eigenvalue weighted by molar-refractivity contribution is -0.149. The highest BCUT2D eigenvalue weighted by molar-refractivity contribution is 8.00. The van der Waals surface area contributed by atoms with E-state index >= 15 is 0 Å². The number of amides is 1. The number of thioether (sulfide) groups is 1. The second-order valence-corrected chi connectivity index (χ2v) is 5.51. The molecule has 16 heavy (non-hydrogen) atoms. The van der Waals surface area contributed by atoms with Crippen molar-refractivity contribution < 1.29 is 14.7 Å². The summed E-state index contributed by atoms with van der Waals surface area (Å²) in [7, 11) is 0. The van der Waals surface area contributed by atoms with Gasteiger partial charge in [-0.1, -0.05) is 13.8 Å². The van der Waals surface area contributed by atoms with Gasteiger partial charge in [-0.3, -0.25) is 4.79 Å². The van der Waals surface area contributed by atoms with E-state index < -0.39 is 18.1 Å². The normalized spacial score (nSPS) is 27.2. The molecule has 1 aliphatic heterocycles. The molecule has 0 bridgehead atoms. The average Bonchev–Trinajstić information content (AvgIpc) is 2.59. The Balaban J connectivity index is 2.93. The van der Waals surface area contributed by atoms with Gasteiger partial charge >= 0.3 is 5.97 Å². The maximum atomic E-state index is 11.9. The van der Waals surface area contributed by atoms with Crippen molar-refractivity contribution in [3.8, 4) is 0 Å². The summed E-state index contributed by atoms with van der Waals surface area (Å²) < 4.78 is 0. The van der Waals surface area contributed by atoms with E-state index in [0.717, 1.165) is 0 Å². The van der Waals surface area contributed by atoms with E-state index in [1.54, 1.807) is 6.92 Å². The fraction of sp³-hybridized carbons (Fsp3) is 0.800. The molecule has 0 saturated carbocycles. The van der Waals surface area contributed by atoms with Crippen molar-refractivity contribution in [2.24, 2.45) is 11.7 Å². The van der Waals surface area contributed by atoms with Crippen LogP contribution in [0.2, 0.25) is 0 Å². The van der Waals surface area contributed by atoms with Crippen molar-refractivity contribution in [3.63, 3.8) is 0 Å². The molecule has 0 spiro atoms. The molecule has 0 aromatic rings. The highest BCUT2D eigenvalue weighted by atomic mass is 32.2. The van der Waals surface area contributed by atoms with Crippen LogP contribution in [0.4, 0.5) is 0 Å². The van der Waals surface area contributed by atoms with E-state index in [1.807, 2.05) is 13.8 Å². The summed E-state index contributed by atoms with van der Waals surface area (Å²) in [4.78, 5) is 24.4. The molecular formula is C10H18N2O3S. The molecular weight excluding hydrogens is 228 g/mol. The van der Waals surface area contributed by atoms with Crippen LogP contribution in [0, 0.1) is 5.92 Å². The lowest BCUT2D eigenvalue weighted by Crippen LogP contribution is -2.52. The van der Waals surface area contributed by atoms with Gasteiger partial charge in [-0.15, -0.1) is 11.8 Å². The summed E-state index contributed by atoms with van der Waals surface area (Å²) in [5.74, 6) is -0.575. The fourth-order valence-corrected chi connectivity index (χ4v) is 3.22. The predicted octanol–water partition coefficient (Wildman–Crippen LogP) is 0.344. The third-order valence-electron chi connectivity index (χ3n) is 2.53. The van der Waals surface area contributed by atoms with E-state index in [4.69, 9.17) is 10.8 Å². The number of carboxylic acid groups (broad SMARTS) is 1. The van der Waals surface area contributed by atoms with E-state index in [2.05, 4.69) is 0 Å². The molecule has 1 saturated heterocycles. The Hall–Kier alpha value is -0.750. The zero-order valence-electron chi connectivity index (χ0n) is 9.71. The first-order valence-corrected chi connectivity index (χ1v) is 6.33. The molecule has 1 rings (SSSR count). The Morgan fingerprint density at radius 3 is 2.38 bits per heavy atom. The number of nitrogens with zero attached hydrogens (tertiary/aromatic N) is 1. The Labute approximate surface area is 99.4 Å². The largest absolute Gasteiger partial charge is 0.480 e. The molecule has 3 N–H and O–H groups in total. The van der Waals surface area contributed by atoms with Gasteiger partial charge < -0.3 is 15.7 Å². The molecule has 5 nitrogen and oxygen atoms in total. The molecule has 1 amide bonds. The highest BCUT2D eigenvalue weighted by Gasteiger charge is 2.43. The standard InChI is InChI=1S/C10H18N2O3S/c1-5(2)9-12(8(13)6(3)11)7(4-16-9)10(14)15/h5-7,9H,4,11H2,1-3H3,(H,14,15)/t6-,7?,9?/m0/s1. The van der Waals surface area contributed by atoms with E-state index in [0.29, 0.717) is 5.75 Å². The molecule has 1 fully saturated rings. The first-order chi connectivity index (χ1) is 7.36. The number of hydrogen-bond donors (Lipinski definition) is 2. The monoisotopic (exact) mass is 246 g/mol. The van der Waals surface area contributed by atoms with Crippen LogP contribution < -0.4 is 5.73 Å². The minimum Gasteiger partial charge on any atom is -0.480 e. The fourth-order valence-electron chi connectivity index (χ4n) is 1.75.